The van der Waals surface area contributed by atoms with Crippen LogP contribution in [0.2, 0.25) is 0 Å². The number of benzene rings is 3. The predicted molar refractivity (Wildman–Crippen MR) is 120 cm³/mol. The molecular formula is C25H21NO5. The minimum absolute atomic E-state index is 0.138. The van der Waals surface area contributed by atoms with Gasteiger partial charge in [-0.1, -0.05) is 30.3 Å². The largest absolute Gasteiger partial charge is 0.496 e. The van der Waals surface area contributed by atoms with Gasteiger partial charge in [-0.25, -0.2) is 0 Å². The van der Waals surface area contributed by atoms with Gasteiger partial charge in [0.1, 0.15) is 18.1 Å². The topological polar surface area (TPSA) is 58.4 Å². The van der Waals surface area contributed by atoms with Gasteiger partial charge in [0.15, 0.2) is 11.5 Å². The lowest BCUT2D eigenvalue weighted by atomic mass is 10.0. The fourth-order valence-corrected chi connectivity index (χ4v) is 4.11. The van der Waals surface area contributed by atoms with E-state index in [1.165, 1.54) is 0 Å². The Kier molecular flexibility index (Phi) is 4.55. The van der Waals surface area contributed by atoms with Crippen LogP contribution in [0.3, 0.4) is 0 Å². The van der Waals surface area contributed by atoms with Crippen LogP contribution in [0, 0.1) is 0 Å². The standard InChI is InChI=1S/C25H21NO5/c1-28-19-13-22(30-3)23-17-11-21(31-14-15-7-5-4-6-8-15)20(29-2)12-18(17)25(27)26-10-9-16(19)24(23)26/h4-13H,14H2,1-3H3. The van der Waals surface area contributed by atoms with Crippen molar-refractivity contribution in [3.05, 3.63) is 76.7 Å². The molecule has 2 aromatic heterocycles. The molecule has 0 aliphatic heterocycles. The Balaban J connectivity index is 1.80. The molecule has 156 valence electrons. The van der Waals surface area contributed by atoms with E-state index >= 15 is 0 Å². The molecule has 0 aliphatic carbocycles. The predicted octanol–water partition coefficient (Wildman–Crippen LogP) is 4.65. The van der Waals surface area contributed by atoms with Crippen molar-refractivity contribution in [2.75, 3.05) is 21.3 Å². The van der Waals surface area contributed by atoms with Crippen LogP contribution in [0.15, 0.2) is 65.6 Å². The second-order valence-electron chi connectivity index (χ2n) is 7.23. The van der Waals surface area contributed by atoms with Crippen molar-refractivity contribution >= 4 is 27.1 Å². The summed E-state index contributed by atoms with van der Waals surface area (Å²) in [6.45, 7) is 0.384. The van der Waals surface area contributed by atoms with Crippen LogP contribution < -0.4 is 24.5 Å². The van der Waals surface area contributed by atoms with Crippen LogP contribution in [0.1, 0.15) is 5.56 Å². The number of hydrogen-bond acceptors (Lipinski definition) is 5. The van der Waals surface area contributed by atoms with Crippen molar-refractivity contribution in [1.82, 2.24) is 4.40 Å². The molecule has 0 bridgehead atoms. The van der Waals surface area contributed by atoms with Gasteiger partial charge in [0.25, 0.3) is 5.56 Å². The summed E-state index contributed by atoms with van der Waals surface area (Å²) in [6.07, 6.45) is 1.76. The third-order valence-electron chi connectivity index (χ3n) is 5.60. The van der Waals surface area contributed by atoms with E-state index < -0.39 is 0 Å². The normalized spacial score (nSPS) is 11.3. The van der Waals surface area contributed by atoms with Gasteiger partial charge < -0.3 is 18.9 Å². The first-order valence-electron chi connectivity index (χ1n) is 9.86. The fourth-order valence-electron chi connectivity index (χ4n) is 4.11. The van der Waals surface area contributed by atoms with Crippen molar-refractivity contribution in [2.24, 2.45) is 0 Å². The van der Waals surface area contributed by atoms with Gasteiger partial charge in [0.05, 0.1) is 32.2 Å². The summed E-state index contributed by atoms with van der Waals surface area (Å²) in [5.74, 6) is 2.34. The number of hydrogen-bond donors (Lipinski definition) is 0. The van der Waals surface area contributed by atoms with E-state index in [-0.39, 0.29) is 5.56 Å². The summed E-state index contributed by atoms with van der Waals surface area (Å²) in [4.78, 5) is 13.3. The number of aromatic nitrogens is 1. The lowest BCUT2D eigenvalue weighted by Crippen LogP contribution is -2.13. The second-order valence-corrected chi connectivity index (χ2v) is 7.23. The molecule has 31 heavy (non-hydrogen) atoms. The summed E-state index contributed by atoms with van der Waals surface area (Å²) in [5, 5.41) is 2.94. The van der Waals surface area contributed by atoms with Crippen molar-refractivity contribution in [3.8, 4) is 23.0 Å². The molecule has 0 fully saturated rings. The van der Waals surface area contributed by atoms with Gasteiger partial charge in [-0.05, 0) is 23.8 Å². The van der Waals surface area contributed by atoms with E-state index in [0.29, 0.717) is 35.0 Å². The first-order chi connectivity index (χ1) is 15.2. The molecule has 0 atom stereocenters. The van der Waals surface area contributed by atoms with Crippen LogP contribution in [-0.2, 0) is 6.61 Å². The first kappa shape index (κ1) is 19.1. The Labute approximate surface area is 178 Å². The molecule has 0 saturated carbocycles. The maximum absolute atomic E-state index is 13.3. The van der Waals surface area contributed by atoms with E-state index in [1.807, 2.05) is 48.5 Å². The lowest BCUT2D eigenvalue weighted by molar-refractivity contribution is 0.285. The Morgan fingerprint density at radius 1 is 0.742 bits per heavy atom. The highest BCUT2D eigenvalue weighted by molar-refractivity contribution is 6.16. The number of rotatable bonds is 6. The van der Waals surface area contributed by atoms with Crippen molar-refractivity contribution in [3.63, 3.8) is 0 Å². The zero-order valence-corrected chi connectivity index (χ0v) is 17.5. The highest BCUT2D eigenvalue weighted by Crippen LogP contribution is 2.42. The summed E-state index contributed by atoms with van der Waals surface area (Å²) in [6, 6.07) is 17.2. The van der Waals surface area contributed by atoms with Crippen LogP contribution in [0.25, 0.3) is 27.1 Å². The van der Waals surface area contributed by atoms with Crippen LogP contribution in [-0.4, -0.2) is 25.7 Å². The number of pyridine rings is 1. The molecule has 0 saturated heterocycles. The molecule has 0 N–H and O–H groups in total. The van der Waals surface area contributed by atoms with E-state index in [9.17, 15) is 4.79 Å². The van der Waals surface area contributed by atoms with Gasteiger partial charge in [-0.3, -0.25) is 9.20 Å². The minimum atomic E-state index is -0.138. The molecular weight excluding hydrogens is 394 g/mol. The SMILES string of the molecule is COc1cc2c(=O)n3ccc4c(OC)cc(OC)c(c2cc1OCc1ccccc1)c43. The maximum Gasteiger partial charge on any atom is 0.263 e. The molecule has 5 rings (SSSR count). The molecule has 0 aliphatic rings. The van der Waals surface area contributed by atoms with Crippen molar-refractivity contribution in [2.45, 2.75) is 6.61 Å². The third-order valence-corrected chi connectivity index (χ3v) is 5.60. The Morgan fingerprint density at radius 2 is 1.45 bits per heavy atom. The van der Waals surface area contributed by atoms with Crippen LogP contribution in [0.5, 0.6) is 23.0 Å². The molecule has 6 heteroatoms. The Hall–Kier alpha value is -3.93. The number of ether oxygens (including phenoxy) is 4. The molecule has 2 heterocycles. The molecule has 0 amide bonds. The van der Waals surface area contributed by atoms with Gasteiger partial charge in [0, 0.05) is 28.4 Å². The minimum Gasteiger partial charge on any atom is -0.496 e. The van der Waals surface area contributed by atoms with E-state index in [4.69, 9.17) is 18.9 Å². The molecule has 5 aromatic rings. The molecule has 6 nitrogen and oxygen atoms in total. The summed E-state index contributed by atoms with van der Waals surface area (Å²) >= 11 is 0. The van der Waals surface area contributed by atoms with Crippen molar-refractivity contribution in [1.29, 1.82) is 0 Å². The summed E-state index contributed by atoms with van der Waals surface area (Å²) in [5.41, 5.74) is 1.66. The third kappa shape index (κ3) is 2.91. The molecule has 0 spiro atoms. The lowest BCUT2D eigenvalue weighted by Gasteiger charge is -2.16. The molecule has 0 unspecified atom stereocenters. The highest BCUT2D eigenvalue weighted by Gasteiger charge is 2.21. The monoisotopic (exact) mass is 415 g/mol. The van der Waals surface area contributed by atoms with Crippen molar-refractivity contribution < 1.29 is 18.9 Å². The number of nitrogens with zero attached hydrogens (tertiary/aromatic N) is 1. The van der Waals surface area contributed by atoms with E-state index in [0.717, 1.165) is 27.2 Å². The smallest absolute Gasteiger partial charge is 0.263 e. The fraction of sp³-hybridized carbons (Fsp3) is 0.160. The van der Waals surface area contributed by atoms with Gasteiger partial charge in [-0.2, -0.15) is 0 Å². The number of fused-ring (bicyclic) bond motifs is 2. The van der Waals surface area contributed by atoms with Gasteiger partial charge in [-0.15, -0.1) is 0 Å². The zero-order valence-electron chi connectivity index (χ0n) is 17.5. The molecule has 0 radical (unpaired) electrons. The average molecular weight is 415 g/mol. The summed E-state index contributed by atoms with van der Waals surface area (Å²) < 4.78 is 24.5. The number of methoxy groups -OCH3 is 3. The maximum atomic E-state index is 13.3. The van der Waals surface area contributed by atoms with Crippen LogP contribution in [0.4, 0.5) is 0 Å². The second kappa shape index (κ2) is 7.40. The zero-order chi connectivity index (χ0) is 21.5. The van der Waals surface area contributed by atoms with E-state index in [2.05, 4.69) is 0 Å². The first-order valence-corrected chi connectivity index (χ1v) is 9.86. The van der Waals surface area contributed by atoms with Gasteiger partial charge in [0.2, 0.25) is 0 Å². The quantitative estimate of drug-likeness (QED) is 0.378. The van der Waals surface area contributed by atoms with Gasteiger partial charge >= 0.3 is 0 Å². The Morgan fingerprint density at radius 3 is 2.16 bits per heavy atom. The molecule has 3 aromatic carbocycles. The average Bonchev–Trinajstić information content (AvgIpc) is 3.26. The summed E-state index contributed by atoms with van der Waals surface area (Å²) in [7, 11) is 4.78. The highest BCUT2D eigenvalue weighted by atomic mass is 16.5. The van der Waals surface area contributed by atoms with Crippen LogP contribution >= 0.6 is 0 Å². The van der Waals surface area contributed by atoms with E-state index in [1.54, 1.807) is 38.0 Å². The Bertz CT molecular complexity index is 1460.